The first-order chi connectivity index (χ1) is 15.5. The third-order valence-corrected chi connectivity index (χ3v) is 6.39. The van der Waals surface area contributed by atoms with Crippen molar-refractivity contribution in [3.63, 3.8) is 0 Å². The number of likely N-dealkylation sites (N-methyl/N-ethyl adjacent to an activating group) is 1. The maximum Gasteiger partial charge on any atom is 0.164 e. The molecule has 4 heteroatoms. The fourth-order valence-corrected chi connectivity index (χ4v) is 4.22. The van der Waals surface area contributed by atoms with Gasteiger partial charge < -0.3 is 9.64 Å². The number of hydrogen-bond donors (Lipinski definition) is 0. The summed E-state index contributed by atoms with van der Waals surface area (Å²) in [6.07, 6.45) is 0.405. The summed E-state index contributed by atoms with van der Waals surface area (Å²) < 4.78 is 5.99. The van der Waals surface area contributed by atoms with E-state index in [1.54, 1.807) is 0 Å². The van der Waals surface area contributed by atoms with E-state index < -0.39 is 5.41 Å². The number of halogens is 1. The van der Waals surface area contributed by atoms with Gasteiger partial charge in [0.1, 0.15) is 12.4 Å². The number of aryl methyl sites for hydroxylation is 1. The number of carbonyl (C=O) groups is 1. The zero-order valence-corrected chi connectivity index (χ0v) is 21.0. The Morgan fingerprint density at radius 1 is 0.879 bits per heavy atom. The van der Waals surface area contributed by atoms with E-state index in [0.29, 0.717) is 13.0 Å². The Hall–Kier alpha value is -2.62. The molecule has 33 heavy (non-hydrogen) atoms. The second kappa shape index (κ2) is 12.6. The van der Waals surface area contributed by atoms with Crippen LogP contribution >= 0.6 is 12.4 Å². The van der Waals surface area contributed by atoms with Crippen molar-refractivity contribution in [3.05, 3.63) is 101 Å². The van der Waals surface area contributed by atoms with Gasteiger partial charge in [-0.3, -0.25) is 4.79 Å². The molecule has 3 rings (SSSR count). The summed E-state index contributed by atoms with van der Waals surface area (Å²) in [5.74, 6) is 0.987. The van der Waals surface area contributed by atoms with Crippen molar-refractivity contribution in [1.82, 2.24) is 4.90 Å². The van der Waals surface area contributed by atoms with Gasteiger partial charge in [0, 0.05) is 23.9 Å². The molecule has 0 bridgehead atoms. The Morgan fingerprint density at radius 2 is 1.42 bits per heavy atom. The first kappa shape index (κ1) is 26.6. The predicted molar refractivity (Wildman–Crippen MR) is 140 cm³/mol. The van der Waals surface area contributed by atoms with Crippen LogP contribution in [0.25, 0.3) is 0 Å². The lowest BCUT2D eigenvalue weighted by Gasteiger charge is -2.30. The average molecular weight is 466 g/mol. The van der Waals surface area contributed by atoms with E-state index in [4.69, 9.17) is 4.74 Å². The molecule has 0 spiro atoms. The minimum absolute atomic E-state index is 0. The van der Waals surface area contributed by atoms with Crippen molar-refractivity contribution in [2.75, 3.05) is 26.2 Å². The molecule has 0 fully saturated rings. The fourth-order valence-electron chi connectivity index (χ4n) is 4.22. The lowest BCUT2D eigenvalue weighted by molar-refractivity contribution is 0.0962. The smallest absolute Gasteiger partial charge is 0.164 e. The van der Waals surface area contributed by atoms with Gasteiger partial charge in [-0.1, -0.05) is 81.4 Å². The van der Waals surface area contributed by atoms with Crippen LogP contribution in [0.1, 0.15) is 54.2 Å². The topological polar surface area (TPSA) is 29.5 Å². The highest BCUT2D eigenvalue weighted by Crippen LogP contribution is 2.36. The number of rotatable bonds is 11. The van der Waals surface area contributed by atoms with Crippen LogP contribution < -0.4 is 4.74 Å². The third-order valence-electron chi connectivity index (χ3n) is 6.39. The molecule has 3 nitrogen and oxygen atoms in total. The van der Waals surface area contributed by atoms with E-state index in [1.807, 2.05) is 61.5 Å². The number of carbonyl (C=O) groups excluding carboxylic acids is 1. The summed E-state index contributed by atoms with van der Waals surface area (Å²) in [6.45, 7) is 12.1. The van der Waals surface area contributed by atoms with Crippen LogP contribution in [0.3, 0.4) is 0 Å². The van der Waals surface area contributed by atoms with Crippen LogP contribution in [0.2, 0.25) is 0 Å². The molecule has 0 radical (unpaired) electrons. The number of Topliss-reactive ketones (excluding diaryl/α,β-unsaturated/α-hetero) is 1. The molecule has 0 aliphatic carbocycles. The molecule has 3 aromatic rings. The van der Waals surface area contributed by atoms with Crippen LogP contribution in [0, 0.1) is 6.92 Å². The second-order valence-corrected chi connectivity index (χ2v) is 8.52. The second-order valence-electron chi connectivity index (χ2n) is 8.52. The van der Waals surface area contributed by atoms with Gasteiger partial charge in [0.05, 0.1) is 0 Å². The van der Waals surface area contributed by atoms with Gasteiger partial charge in [-0.05, 0) is 54.9 Å². The Bertz CT molecular complexity index is 961. The van der Waals surface area contributed by atoms with Crippen molar-refractivity contribution in [2.45, 2.75) is 39.5 Å². The van der Waals surface area contributed by atoms with Gasteiger partial charge in [-0.15, -0.1) is 12.4 Å². The van der Waals surface area contributed by atoms with Crippen LogP contribution in [0.5, 0.6) is 5.75 Å². The maximum absolute atomic E-state index is 13.4. The number of ether oxygens (including phenoxy) is 1. The number of nitrogens with zero attached hydrogens (tertiary/aromatic N) is 1. The Morgan fingerprint density at radius 3 is 1.91 bits per heavy atom. The molecule has 0 aliphatic heterocycles. The molecule has 176 valence electrons. The van der Waals surface area contributed by atoms with E-state index in [0.717, 1.165) is 47.6 Å². The SMILES string of the molecule is CCN(CC)CCOc1ccc(C(=O)CC(C)(c2ccccc2)c2ccccc2)cc1C.Cl. The van der Waals surface area contributed by atoms with E-state index in [-0.39, 0.29) is 18.2 Å². The standard InChI is InChI=1S/C29H35NO2.ClH/c1-5-30(6-2)19-20-32-28-18-17-24(21-23(28)3)27(31)22-29(4,25-13-9-7-10-14-25)26-15-11-8-12-16-26;/h7-18,21H,5-6,19-20,22H2,1-4H3;1H. The van der Waals surface area contributed by atoms with Crippen molar-refractivity contribution < 1.29 is 9.53 Å². The summed E-state index contributed by atoms with van der Waals surface area (Å²) in [5, 5.41) is 0. The van der Waals surface area contributed by atoms with Gasteiger partial charge in [-0.25, -0.2) is 0 Å². The number of ketones is 1. The highest BCUT2D eigenvalue weighted by Gasteiger charge is 2.32. The van der Waals surface area contributed by atoms with E-state index in [2.05, 4.69) is 49.9 Å². The monoisotopic (exact) mass is 465 g/mol. The molecule has 0 saturated heterocycles. The Balaban J connectivity index is 0.00000385. The highest BCUT2D eigenvalue weighted by atomic mass is 35.5. The van der Waals surface area contributed by atoms with E-state index in [9.17, 15) is 4.79 Å². The summed E-state index contributed by atoms with van der Waals surface area (Å²) in [7, 11) is 0. The molecule has 0 saturated carbocycles. The van der Waals surface area contributed by atoms with Crippen LogP contribution in [-0.2, 0) is 5.41 Å². The molecular weight excluding hydrogens is 430 g/mol. The van der Waals surface area contributed by atoms with Crippen LogP contribution in [-0.4, -0.2) is 36.9 Å². The minimum Gasteiger partial charge on any atom is -0.492 e. The number of benzene rings is 3. The lowest BCUT2D eigenvalue weighted by atomic mass is 9.72. The van der Waals surface area contributed by atoms with Crippen molar-refractivity contribution in [1.29, 1.82) is 0 Å². The molecular formula is C29H36ClNO2. The summed E-state index contributed by atoms with van der Waals surface area (Å²) in [4.78, 5) is 15.7. The maximum atomic E-state index is 13.4. The normalized spacial score (nSPS) is 11.2. The van der Waals surface area contributed by atoms with Gasteiger partial charge in [0.25, 0.3) is 0 Å². The minimum atomic E-state index is -0.396. The third kappa shape index (κ3) is 6.69. The molecule has 0 aromatic heterocycles. The average Bonchev–Trinajstić information content (AvgIpc) is 2.83. The van der Waals surface area contributed by atoms with E-state index >= 15 is 0 Å². The Labute approximate surface area is 205 Å². The quantitative estimate of drug-likeness (QED) is 0.294. The molecule has 3 aromatic carbocycles. The summed E-state index contributed by atoms with van der Waals surface area (Å²) in [6, 6.07) is 26.4. The summed E-state index contributed by atoms with van der Waals surface area (Å²) >= 11 is 0. The van der Waals surface area contributed by atoms with Crippen molar-refractivity contribution in [3.8, 4) is 5.75 Å². The van der Waals surface area contributed by atoms with Gasteiger partial charge >= 0.3 is 0 Å². The Kier molecular flexibility index (Phi) is 10.1. The molecule has 0 N–H and O–H groups in total. The van der Waals surface area contributed by atoms with Crippen molar-refractivity contribution >= 4 is 18.2 Å². The fraction of sp³-hybridized carbons (Fsp3) is 0.345. The zero-order valence-electron chi connectivity index (χ0n) is 20.2. The van der Waals surface area contributed by atoms with Crippen LogP contribution in [0.15, 0.2) is 78.9 Å². The first-order valence-electron chi connectivity index (χ1n) is 11.6. The largest absolute Gasteiger partial charge is 0.492 e. The zero-order chi connectivity index (χ0) is 23.0. The predicted octanol–water partition coefficient (Wildman–Crippen LogP) is 6.72. The van der Waals surface area contributed by atoms with Crippen LogP contribution in [0.4, 0.5) is 0 Å². The first-order valence-corrected chi connectivity index (χ1v) is 11.6. The molecule has 0 aliphatic rings. The van der Waals surface area contributed by atoms with E-state index in [1.165, 1.54) is 0 Å². The highest BCUT2D eigenvalue weighted by molar-refractivity contribution is 5.97. The number of hydrogen-bond acceptors (Lipinski definition) is 3. The van der Waals surface area contributed by atoms with Gasteiger partial charge in [0.2, 0.25) is 0 Å². The van der Waals surface area contributed by atoms with Gasteiger partial charge in [-0.2, -0.15) is 0 Å². The summed E-state index contributed by atoms with van der Waals surface area (Å²) in [5.41, 5.74) is 3.63. The van der Waals surface area contributed by atoms with Crippen molar-refractivity contribution in [2.24, 2.45) is 0 Å². The molecule has 0 amide bonds. The molecule has 0 atom stereocenters. The molecule has 0 unspecified atom stereocenters. The lowest BCUT2D eigenvalue weighted by Crippen LogP contribution is -2.28. The van der Waals surface area contributed by atoms with Gasteiger partial charge in [0.15, 0.2) is 5.78 Å². The molecule has 0 heterocycles.